The molecule has 1 aliphatic heterocycles. The van der Waals surface area contributed by atoms with Gasteiger partial charge < -0.3 is 4.90 Å². The molecule has 1 aromatic heterocycles. The van der Waals surface area contributed by atoms with Gasteiger partial charge in [0.2, 0.25) is 5.78 Å². The third kappa shape index (κ3) is 7.48. The van der Waals surface area contributed by atoms with E-state index in [0.717, 1.165) is 30.4 Å². The van der Waals surface area contributed by atoms with E-state index in [1.165, 1.54) is 4.90 Å². The number of carbonyl (C=O) groups is 2. The molecule has 0 bridgehead atoms. The Morgan fingerprint density at radius 1 is 1.06 bits per heavy atom. The molecule has 0 radical (unpaired) electrons. The van der Waals surface area contributed by atoms with Gasteiger partial charge in [0.15, 0.2) is 9.84 Å². The van der Waals surface area contributed by atoms with Crippen molar-refractivity contribution < 1.29 is 18.0 Å². The van der Waals surface area contributed by atoms with Gasteiger partial charge in [0.05, 0.1) is 11.0 Å². The van der Waals surface area contributed by atoms with Crippen LogP contribution in [0.4, 0.5) is 0 Å². The molecule has 0 spiro atoms. The van der Waals surface area contributed by atoms with Crippen molar-refractivity contribution in [2.75, 3.05) is 12.3 Å². The second kappa shape index (κ2) is 12.6. The molecule has 2 atom stereocenters. The predicted octanol–water partition coefficient (Wildman–Crippen LogP) is 4.82. The maximum absolute atomic E-state index is 13.7. The summed E-state index contributed by atoms with van der Waals surface area (Å²) in [5.74, 6) is -1.03. The van der Waals surface area contributed by atoms with Crippen LogP contribution in [0.1, 0.15) is 70.4 Å². The van der Waals surface area contributed by atoms with E-state index in [4.69, 9.17) is 0 Å². The third-order valence-corrected chi connectivity index (χ3v) is 9.91. The highest BCUT2D eigenvalue weighted by molar-refractivity contribution is 7.92. The maximum atomic E-state index is 13.7. The van der Waals surface area contributed by atoms with E-state index in [1.54, 1.807) is 20.0 Å². The first-order valence-corrected chi connectivity index (χ1v) is 14.9. The maximum Gasteiger partial charge on any atom is 0.290 e. The fourth-order valence-electron chi connectivity index (χ4n) is 4.82. The van der Waals surface area contributed by atoms with E-state index < -0.39 is 38.2 Å². The molecule has 0 N–H and O–H groups in total. The summed E-state index contributed by atoms with van der Waals surface area (Å²) in [6.45, 7) is 5.88. The zero-order chi connectivity index (χ0) is 26.2. The van der Waals surface area contributed by atoms with E-state index in [9.17, 15) is 18.0 Å². The second-order valence-corrected chi connectivity index (χ2v) is 12.9. The SMILES string of the molecule is CCC(C)(C)C(=O)C(=O)N1CCC[C@H]1CS(=O)(=O)[C@H](CCCc1cccnc1)CCc1ccccc1. The van der Waals surface area contributed by atoms with Crippen LogP contribution >= 0.6 is 0 Å². The lowest BCUT2D eigenvalue weighted by molar-refractivity contribution is -0.149. The van der Waals surface area contributed by atoms with Gasteiger partial charge in [0, 0.05) is 30.4 Å². The number of likely N-dealkylation sites (tertiary alicyclic amines) is 1. The van der Waals surface area contributed by atoms with Crippen LogP contribution in [0.25, 0.3) is 0 Å². The van der Waals surface area contributed by atoms with Crippen molar-refractivity contribution in [1.82, 2.24) is 9.88 Å². The molecule has 2 aromatic rings. The van der Waals surface area contributed by atoms with Gasteiger partial charge in [-0.3, -0.25) is 14.6 Å². The Hall–Kier alpha value is -2.54. The molecule has 7 heteroatoms. The highest BCUT2D eigenvalue weighted by Crippen LogP contribution is 2.28. The number of hydrogen-bond acceptors (Lipinski definition) is 5. The number of benzene rings is 1. The fraction of sp³-hybridized carbons (Fsp3) is 0.552. The standard InChI is InChI=1S/C29H40N2O4S/c1-4-29(2,3)27(32)28(33)31-20-10-15-25(31)22-36(34,35)26(18-17-23-11-6-5-7-12-23)16-8-13-24-14-9-19-30-21-24/h5-7,9,11-12,14,19,21,25-26H,4,8,10,13,15-18,20,22H2,1-3H3/t25-,26+/m0/s1. The summed E-state index contributed by atoms with van der Waals surface area (Å²) < 4.78 is 27.4. The lowest BCUT2D eigenvalue weighted by Gasteiger charge is -2.29. The van der Waals surface area contributed by atoms with Crippen LogP contribution in [0.2, 0.25) is 0 Å². The number of nitrogens with zero attached hydrogens (tertiary/aromatic N) is 2. The normalized spacial score (nSPS) is 17.2. The van der Waals surface area contributed by atoms with Gasteiger partial charge in [-0.1, -0.05) is 57.2 Å². The molecule has 1 aromatic carbocycles. The lowest BCUT2D eigenvalue weighted by Crippen LogP contribution is -2.47. The Labute approximate surface area is 216 Å². The summed E-state index contributed by atoms with van der Waals surface area (Å²) >= 11 is 0. The number of aromatic nitrogens is 1. The van der Waals surface area contributed by atoms with Crippen molar-refractivity contribution in [3.8, 4) is 0 Å². The van der Waals surface area contributed by atoms with Crippen molar-refractivity contribution in [3.63, 3.8) is 0 Å². The van der Waals surface area contributed by atoms with E-state index in [0.29, 0.717) is 38.6 Å². The average molecular weight is 513 g/mol. The predicted molar refractivity (Wildman–Crippen MR) is 143 cm³/mol. The van der Waals surface area contributed by atoms with Gasteiger partial charge in [-0.25, -0.2) is 8.42 Å². The topological polar surface area (TPSA) is 84.4 Å². The van der Waals surface area contributed by atoms with Crippen LogP contribution in [0.5, 0.6) is 0 Å². The van der Waals surface area contributed by atoms with E-state index in [1.807, 2.05) is 55.6 Å². The number of pyridine rings is 1. The summed E-state index contributed by atoms with van der Waals surface area (Å²) in [7, 11) is -3.48. The average Bonchev–Trinajstić information content (AvgIpc) is 3.33. The number of sulfone groups is 1. The van der Waals surface area contributed by atoms with Crippen LogP contribution in [-0.2, 0) is 32.3 Å². The molecule has 196 valence electrons. The van der Waals surface area contributed by atoms with Gasteiger partial charge >= 0.3 is 0 Å². The molecule has 6 nitrogen and oxygen atoms in total. The minimum atomic E-state index is -3.48. The molecule has 1 aliphatic rings. The summed E-state index contributed by atoms with van der Waals surface area (Å²) in [6.07, 6.45) is 8.78. The van der Waals surface area contributed by atoms with Gasteiger partial charge in [-0.15, -0.1) is 0 Å². The molecule has 0 saturated carbocycles. The first-order valence-electron chi connectivity index (χ1n) is 13.1. The Kier molecular flexibility index (Phi) is 9.83. The van der Waals surface area contributed by atoms with Crippen molar-refractivity contribution >= 4 is 21.5 Å². The minimum Gasteiger partial charge on any atom is -0.332 e. The zero-order valence-electron chi connectivity index (χ0n) is 21.9. The van der Waals surface area contributed by atoms with Crippen molar-refractivity contribution in [1.29, 1.82) is 0 Å². The number of hydrogen-bond donors (Lipinski definition) is 0. The fourth-order valence-corrected chi connectivity index (χ4v) is 6.97. The molecule has 1 fully saturated rings. The van der Waals surface area contributed by atoms with Gasteiger partial charge in [-0.05, 0) is 68.6 Å². The third-order valence-electron chi connectivity index (χ3n) is 7.58. The monoisotopic (exact) mass is 512 g/mol. The molecule has 36 heavy (non-hydrogen) atoms. The number of rotatable bonds is 13. The quantitative estimate of drug-likeness (QED) is 0.359. The number of Topliss-reactive ketones (excluding diaryl/α,β-unsaturated/α-hetero) is 1. The Balaban J connectivity index is 1.71. The number of carbonyl (C=O) groups excluding carboxylic acids is 2. The van der Waals surface area contributed by atoms with Crippen molar-refractivity contribution in [3.05, 3.63) is 66.0 Å². The molecular formula is C29H40N2O4S. The highest BCUT2D eigenvalue weighted by Gasteiger charge is 2.41. The first-order chi connectivity index (χ1) is 17.1. The summed E-state index contributed by atoms with van der Waals surface area (Å²) in [4.78, 5) is 31.5. The summed E-state index contributed by atoms with van der Waals surface area (Å²) in [5, 5.41) is -0.491. The molecule has 3 rings (SSSR count). The molecular weight excluding hydrogens is 472 g/mol. The Morgan fingerprint density at radius 3 is 2.44 bits per heavy atom. The largest absolute Gasteiger partial charge is 0.332 e. The zero-order valence-corrected chi connectivity index (χ0v) is 22.7. The molecule has 0 aliphatic carbocycles. The molecule has 0 unspecified atom stereocenters. The van der Waals surface area contributed by atoms with E-state index >= 15 is 0 Å². The first kappa shape index (κ1) is 28.0. The van der Waals surface area contributed by atoms with Crippen molar-refractivity contribution in [2.24, 2.45) is 5.41 Å². The minimum absolute atomic E-state index is 0.0784. The van der Waals surface area contributed by atoms with Crippen LogP contribution in [0.3, 0.4) is 0 Å². The number of ketones is 1. The summed E-state index contributed by atoms with van der Waals surface area (Å²) in [5.41, 5.74) is 1.48. The number of aryl methyl sites for hydroxylation is 2. The highest BCUT2D eigenvalue weighted by atomic mass is 32.2. The number of amides is 1. The van der Waals surface area contributed by atoms with Crippen molar-refractivity contribution in [2.45, 2.75) is 83.4 Å². The van der Waals surface area contributed by atoms with E-state index in [2.05, 4.69) is 4.98 Å². The molecule has 1 saturated heterocycles. The summed E-state index contributed by atoms with van der Waals surface area (Å²) in [6, 6.07) is 13.4. The Bertz CT molecular complexity index is 1100. The molecule has 2 heterocycles. The van der Waals surface area contributed by atoms with Gasteiger partial charge in [-0.2, -0.15) is 0 Å². The smallest absolute Gasteiger partial charge is 0.290 e. The molecule has 1 amide bonds. The Morgan fingerprint density at radius 2 is 1.78 bits per heavy atom. The lowest BCUT2D eigenvalue weighted by atomic mass is 9.84. The van der Waals surface area contributed by atoms with Crippen LogP contribution < -0.4 is 0 Å². The second-order valence-electron chi connectivity index (χ2n) is 10.6. The van der Waals surface area contributed by atoms with Gasteiger partial charge in [0.1, 0.15) is 0 Å². The van der Waals surface area contributed by atoms with E-state index in [-0.39, 0.29) is 5.75 Å². The van der Waals surface area contributed by atoms with Gasteiger partial charge in [0.25, 0.3) is 5.91 Å². The van der Waals surface area contributed by atoms with Crippen LogP contribution in [-0.4, -0.2) is 53.6 Å². The van der Waals surface area contributed by atoms with Crippen LogP contribution in [0.15, 0.2) is 54.9 Å². The van der Waals surface area contributed by atoms with Crippen LogP contribution in [0, 0.1) is 5.41 Å².